The number of hydrogen-bond acceptors (Lipinski definition) is 21. The fourth-order valence-electron chi connectivity index (χ4n) is 9.91. The number of nitrogens with one attached hydrogen (secondary N) is 5. The van der Waals surface area contributed by atoms with Crippen LogP contribution in [0.3, 0.4) is 0 Å². The molecule has 5 aliphatic rings. The maximum absolute atomic E-state index is 12.8. The van der Waals surface area contributed by atoms with Gasteiger partial charge in [0, 0.05) is 152 Å². The number of aliphatic imine (C=N–C) groups is 1. The van der Waals surface area contributed by atoms with Gasteiger partial charge < -0.3 is 83.0 Å². The Kier molecular flexibility index (Phi) is 57.9. The number of piperazine rings is 3. The molecule has 0 unspecified atom stereocenters. The lowest BCUT2D eigenvalue weighted by Crippen LogP contribution is -2.52. The molecule has 0 aliphatic carbocycles. The number of ether oxygens (including phenoxy) is 2. The molecular weight excluding hydrogens is 1450 g/mol. The Hall–Kier alpha value is -10.2. The molecular formula is C85H139ClFN23O3. The molecule has 4 saturated heterocycles. The van der Waals surface area contributed by atoms with E-state index in [0.29, 0.717) is 33.0 Å². The van der Waals surface area contributed by atoms with Gasteiger partial charge in [0.2, 0.25) is 5.95 Å². The van der Waals surface area contributed by atoms with Crippen molar-refractivity contribution in [1.82, 2.24) is 49.8 Å². The smallest absolute Gasteiger partial charge is 0.225 e. The molecule has 0 atom stereocenters. The van der Waals surface area contributed by atoms with Gasteiger partial charge in [-0.3, -0.25) is 31.6 Å². The minimum atomic E-state index is -0.322. The van der Waals surface area contributed by atoms with Crippen molar-refractivity contribution in [2.24, 2.45) is 38.8 Å². The minimum absolute atomic E-state index is 0. The van der Waals surface area contributed by atoms with Crippen LogP contribution in [0.1, 0.15) is 131 Å². The fraction of sp³-hybridized carbons (Fsp3) is 0.459. The van der Waals surface area contributed by atoms with E-state index in [-0.39, 0.29) is 42.4 Å². The molecule has 5 aliphatic heterocycles. The van der Waals surface area contributed by atoms with Gasteiger partial charge in [0.1, 0.15) is 46.4 Å². The highest BCUT2D eigenvalue weighted by atomic mass is 35.5. The number of benzene rings is 4. The molecule has 16 N–H and O–H groups in total. The second kappa shape index (κ2) is 62.4. The van der Waals surface area contributed by atoms with Gasteiger partial charge in [0.25, 0.3) is 0 Å². The number of nitrogens with zero attached hydrogens (tertiary/aromatic N) is 13. The average molecular weight is 1590 g/mol. The van der Waals surface area contributed by atoms with E-state index in [0.717, 1.165) is 170 Å². The predicted molar refractivity (Wildman–Crippen MR) is 476 cm³/mol. The van der Waals surface area contributed by atoms with E-state index >= 15 is 0 Å². The van der Waals surface area contributed by atoms with Crippen LogP contribution in [0.5, 0.6) is 5.75 Å². The fourth-order valence-corrected chi connectivity index (χ4v) is 10.3. The number of morpholine rings is 1. The van der Waals surface area contributed by atoms with E-state index < -0.39 is 0 Å². The number of aryl methyl sites for hydroxylation is 5. The van der Waals surface area contributed by atoms with E-state index in [4.69, 9.17) is 76.6 Å². The first kappa shape index (κ1) is 105. The first-order valence-electron chi connectivity index (χ1n) is 38.4. The first-order chi connectivity index (χ1) is 53.7. The summed E-state index contributed by atoms with van der Waals surface area (Å²) in [6, 6.07) is 32.6. The van der Waals surface area contributed by atoms with Crippen LogP contribution in [0.25, 0.3) is 0 Å². The van der Waals surface area contributed by atoms with Gasteiger partial charge in [-0.25, -0.2) is 19.3 Å². The molecule has 12 rings (SSSR count). The molecule has 28 heteroatoms. The number of nitrogen functional groups attached to an aromatic ring is 4. The van der Waals surface area contributed by atoms with Gasteiger partial charge >= 0.3 is 0 Å². The number of oxime groups is 1. The standard InChI is InChI=1S/C11H14N2.C10H15N3.C9H18N4.C9H14N4.C9H12N2O.C8H9ClN2.C8H9FN2.C7H9N3O.C5H11NO.4C2H6.CH4/c1-3-4-9-7-10(11(12)13)6-5-8(9)2;1-12-6-8-13(9-7-12)10-4-2-3-5-11-10;2*1-12-5-7-13(8-6-12)9-10-3-2-4-11-9;1-6-3-4-7(9(10)11)5-8(6)12-2;1-5-2-3-6(8(10)11)7(9)4-5;1-5-2-3-6(8(10)11)4-7(5)9;1-5-2-3-6(9-4-5)7(8)10-11;1-6-2-4-7-5-3-6;4*1-2;/h3,5-7H,1,4H2,2H3,(H3,12,13);2-5H,6-9H2,1H3;2-8H2,1H3,(H,10,11);2-4H,5-8H2,1H3;3-5H,1-2H3,(H3,10,11);2*2-4H,1H3,(H3,10,11);2-4,11H,1H3,(H2,8,10);2-5H2,1H3;4*1-2H3;1H4. The Balaban J connectivity index is 0. The first-order valence-corrected chi connectivity index (χ1v) is 38.8. The molecule has 4 aromatic carbocycles. The third-order valence-corrected chi connectivity index (χ3v) is 17.0. The zero-order valence-electron chi connectivity index (χ0n) is 70.3. The number of likely N-dealkylation sites (N-methyl/N-ethyl adjacent to an activating group) is 4. The van der Waals surface area contributed by atoms with Crippen molar-refractivity contribution in [2.75, 3.05) is 163 Å². The highest BCUT2D eigenvalue weighted by Gasteiger charge is 2.19. The van der Waals surface area contributed by atoms with Crippen molar-refractivity contribution < 1.29 is 19.1 Å². The van der Waals surface area contributed by atoms with Crippen molar-refractivity contribution in [2.45, 2.75) is 110 Å². The summed E-state index contributed by atoms with van der Waals surface area (Å²) in [4.78, 5) is 37.4. The van der Waals surface area contributed by atoms with Crippen LogP contribution in [-0.4, -0.2) is 238 Å². The average Bonchev–Trinajstić information content (AvgIpc) is 0.878. The molecule has 26 nitrogen and oxygen atoms in total. The number of methoxy groups -OCH3 is 1. The normalized spacial score (nSPS) is 14.2. The maximum Gasteiger partial charge on any atom is 0.225 e. The van der Waals surface area contributed by atoms with Crippen molar-refractivity contribution in [1.29, 1.82) is 21.6 Å². The van der Waals surface area contributed by atoms with E-state index in [9.17, 15) is 4.39 Å². The van der Waals surface area contributed by atoms with Gasteiger partial charge in [-0.05, 0) is 164 Å². The van der Waals surface area contributed by atoms with Crippen LogP contribution in [-0.2, 0) is 11.2 Å². The Morgan fingerprint density at radius 3 is 1.47 bits per heavy atom. The number of halogens is 2. The summed E-state index contributed by atoms with van der Waals surface area (Å²) in [6.45, 7) is 48.5. The van der Waals surface area contributed by atoms with Gasteiger partial charge in [0.05, 0.1) is 25.3 Å². The number of rotatable bonds is 10. The van der Waals surface area contributed by atoms with E-state index in [1.54, 1.807) is 75.1 Å². The van der Waals surface area contributed by atoms with Crippen molar-refractivity contribution in [3.8, 4) is 5.75 Å². The summed E-state index contributed by atoms with van der Waals surface area (Å²) >= 11 is 5.80. The second-order valence-corrected chi connectivity index (χ2v) is 25.5. The number of aromatic nitrogens is 4. The number of anilines is 2. The number of guanidine groups is 1. The Labute approximate surface area is 682 Å². The molecule has 0 amide bonds. The summed E-state index contributed by atoms with van der Waals surface area (Å²) in [5.74, 6) is 3.65. The Morgan fingerprint density at radius 2 is 1.04 bits per heavy atom. The predicted octanol–water partition coefficient (Wildman–Crippen LogP) is 12.5. The van der Waals surface area contributed by atoms with Gasteiger partial charge in [-0.2, -0.15) is 0 Å². The van der Waals surface area contributed by atoms with Crippen LogP contribution in [0.4, 0.5) is 16.2 Å². The molecule has 113 heavy (non-hydrogen) atoms. The second-order valence-electron chi connectivity index (χ2n) is 25.1. The summed E-state index contributed by atoms with van der Waals surface area (Å²) in [5.41, 5.74) is 35.5. The summed E-state index contributed by atoms with van der Waals surface area (Å²) in [7, 11) is 10.2. The monoisotopic (exact) mass is 1580 g/mol. The van der Waals surface area contributed by atoms with Crippen LogP contribution >= 0.6 is 11.6 Å². The molecule has 4 fully saturated rings. The van der Waals surface area contributed by atoms with Crippen LogP contribution in [0.2, 0.25) is 5.02 Å². The lowest BCUT2D eigenvalue weighted by Gasteiger charge is -2.35. The van der Waals surface area contributed by atoms with Crippen molar-refractivity contribution in [3.05, 3.63) is 219 Å². The van der Waals surface area contributed by atoms with Crippen molar-refractivity contribution >= 4 is 58.5 Å². The zero-order valence-corrected chi connectivity index (χ0v) is 71.1. The minimum Gasteiger partial charge on any atom is -0.496 e. The third-order valence-electron chi connectivity index (χ3n) is 16.7. The molecule has 3 aromatic heterocycles. The highest BCUT2D eigenvalue weighted by molar-refractivity contribution is 6.34. The molecule has 626 valence electrons. The lowest BCUT2D eigenvalue weighted by molar-refractivity contribution is 0.0503. The molecule has 0 spiro atoms. The summed E-state index contributed by atoms with van der Waals surface area (Å²) < 4.78 is 23.0. The largest absolute Gasteiger partial charge is 0.496 e. The maximum atomic E-state index is 12.8. The Bertz CT molecular complexity index is 3730. The van der Waals surface area contributed by atoms with Gasteiger partial charge in [-0.15, -0.1) is 6.58 Å². The van der Waals surface area contributed by atoms with Gasteiger partial charge in [0.15, 0.2) is 11.8 Å². The lowest BCUT2D eigenvalue weighted by atomic mass is 10.0. The van der Waals surface area contributed by atoms with Crippen molar-refractivity contribution in [3.63, 3.8) is 0 Å². The van der Waals surface area contributed by atoms with E-state index in [1.165, 1.54) is 23.6 Å². The van der Waals surface area contributed by atoms with Crippen LogP contribution in [0, 0.1) is 62.1 Å². The van der Waals surface area contributed by atoms with Gasteiger partial charge in [-0.1, -0.05) is 140 Å². The van der Waals surface area contributed by atoms with Crippen LogP contribution in [0.15, 0.2) is 157 Å². The summed E-state index contributed by atoms with van der Waals surface area (Å²) in [6.07, 6.45) is 11.0. The van der Waals surface area contributed by atoms with E-state index in [1.807, 2.05) is 150 Å². The quantitative estimate of drug-likeness (QED) is 0.0199. The molecule has 0 radical (unpaired) electrons. The zero-order chi connectivity index (χ0) is 84.5. The molecule has 7 aromatic rings. The topological polar surface area (TPSA) is 375 Å². The van der Waals surface area contributed by atoms with E-state index in [2.05, 4.69) is 111 Å². The number of amidine groups is 5. The number of pyridine rings is 2. The highest BCUT2D eigenvalue weighted by Crippen LogP contribution is 2.20. The molecule has 0 bridgehead atoms. The van der Waals surface area contributed by atoms with Crippen LogP contribution < -0.4 is 48.5 Å². The third kappa shape index (κ3) is 43.5. The SMILES string of the molecule is C.C=CCc1cc(C(=N)N)ccc1C.CC.CC.CC.CC.CN1CCN(C2=NCCCN2)CC1.CN1CCN(c2ccccn2)CC1.CN1CCN(c2ncccn2)CC1.CN1CCOCC1.COc1cc(C(=N)N)ccc1C.Cc1ccc(C(=N)N)c(Cl)c1.Cc1ccc(C(=N)N)cc1F.Cc1ccc(C(N)=NO)nc1. The number of allylic oxidation sites excluding steroid dienone is 1. The number of nitrogens with two attached hydrogens (primary N) is 5. The molecule has 0 saturated carbocycles. The summed E-state index contributed by atoms with van der Waals surface area (Å²) in [5, 5.41) is 43.6. The number of hydrogen-bond donors (Lipinski definition) is 11. The Morgan fingerprint density at radius 1 is 0.566 bits per heavy atom. The molecule has 8 heterocycles.